The normalized spacial score (nSPS) is 22.4. The number of hydrogen-bond donors (Lipinski definition) is 4. The van der Waals surface area contributed by atoms with Crippen LogP contribution in [-0.2, 0) is 39.6 Å². The Labute approximate surface area is 348 Å². The minimum atomic E-state index is -3.91. The van der Waals surface area contributed by atoms with Crippen LogP contribution in [0.2, 0.25) is 0 Å². The van der Waals surface area contributed by atoms with E-state index < -0.39 is 68.7 Å². The number of nitrogens with zero attached hydrogens (tertiary/aromatic N) is 6. The van der Waals surface area contributed by atoms with E-state index in [4.69, 9.17) is 5.73 Å². The second-order valence-electron chi connectivity index (χ2n) is 16.6. The first-order chi connectivity index (χ1) is 27.9. The summed E-state index contributed by atoms with van der Waals surface area (Å²) in [6.45, 7) is 5.37. The van der Waals surface area contributed by atoms with E-state index in [-0.39, 0.29) is 74.3 Å². The smallest absolute Gasteiger partial charge is 0.287 e. The molecule has 322 valence electrons. The van der Waals surface area contributed by atoms with Crippen molar-refractivity contribution in [2.24, 2.45) is 11.7 Å². The molecule has 4 fully saturated rings. The molecule has 18 nitrogen and oxygen atoms in total. The molecule has 3 atom stereocenters. The first kappa shape index (κ1) is 44.2. The summed E-state index contributed by atoms with van der Waals surface area (Å²) in [5.74, 6) is -2.89. The van der Waals surface area contributed by atoms with Crippen LogP contribution in [0.4, 0.5) is 0 Å². The Kier molecular flexibility index (Phi) is 13.5. The second-order valence-corrected chi connectivity index (χ2v) is 19.8. The Hall–Kier alpha value is -4.40. The minimum absolute atomic E-state index is 0.0141. The van der Waals surface area contributed by atoms with Crippen LogP contribution in [0.25, 0.3) is 0 Å². The third kappa shape index (κ3) is 9.81. The highest BCUT2D eigenvalue weighted by Gasteiger charge is 2.49. The molecule has 1 saturated carbocycles. The molecule has 2 aromatic rings. The number of nitrogens with one attached hydrogen (secondary N) is 2. The molecule has 1 unspecified atom stereocenters. The van der Waals surface area contributed by atoms with Crippen LogP contribution < -0.4 is 16.4 Å². The van der Waals surface area contributed by atoms with Crippen molar-refractivity contribution in [1.29, 1.82) is 0 Å². The number of carbonyl (C=O) groups excluding carboxylic acids is 6. The van der Waals surface area contributed by atoms with Crippen LogP contribution in [0.15, 0.2) is 35.4 Å². The number of rotatable bonds is 13. The molecule has 3 aliphatic heterocycles. The van der Waals surface area contributed by atoms with Crippen molar-refractivity contribution in [2.75, 3.05) is 44.2 Å². The van der Waals surface area contributed by atoms with Crippen molar-refractivity contribution in [3.8, 4) is 0 Å². The maximum atomic E-state index is 14.9. The van der Waals surface area contributed by atoms with Gasteiger partial charge in [-0.2, -0.15) is 16.1 Å². The lowest BCUT2D eigenvalue weighted by Gasteiger charge is -2.37. The molecule has 1 aromatic carbocycles. The summed E-state index contributed by atoms with van der Waals surface area (Å²) in [6, 6.07) is 2.59. The van der Waals surface area contributed by atoms with Crippen LogP contribution in [-0.4, -0.2) is 140 Å². The topological polar surface area (TPSA) is 247 Å². The van der Waals surface area contributed by atoms with E-state index in [1.807, 2.05) is 0 Å². The number of carbonyl (C=O) groups is 6. The van der Waals surface area contributed by atoms with Crippen molar-refractivity contribution in [3.05, 3.63) is 41.7 Å². The Morgan fingerprint density at radius 1 is 1.00 bits per heavy atom. The average molecular weight is 858 g/mol. The van der Waals surface area contributed by atoms with Gasteiger partial charge in [0.15, 0.2) is 0 Å². The fourth-order valence-electron chi connectivity index (χ4n) is 8.71. The number of aliphatic hydroxyl groups is 1. The van der Waals surface area contributed by atoms with Crippen LogP contribution in [0.5, 0.6) is 0 Å². The Bertz CT molecular complexity index is 2020. The van der Waals surface area contributed by atoms with Gasteiger partial charge < -0.3 is 31.3 Å². The first-order valence-electron chi connectivity index (χ1n) is 20.3. The molecular formula is C39H55N9O9S2. The lowest BCUT2D eigenvalue weighted by molar-refractivity contribution is -0.145. The molecule has 59 heavy (non-hydrogen) atoms. The fourth-order valence-corrected chi connectivity index (χ4v) is 11.3. The van der Waals surface area contributed by atoms with Crippen LogP contribution in [0, 0.1) is 5.92 Å². The first-order valence-corrected chi connectivity index (χ1v) is 22.8. The number of nitrogens with two attached hydrogens (primary N) is 1. The van der Waals surface area contributed by atoms with Crippen molar-refractivity contribution < 1.29 is 42.3 Å². The number of aromatic nitrogens is 3. The largest absolute Gasteiger partial charge is 0.384 e. The second kappa shape index (κ2) is 18.1. The number of likely N-dealkylation sites (tertiary alicyclic amines) is 1. The number of benzene rings is 1. The van der Waals surface area contributed by atoms with Gasteiger partial charge in [0.1, 0.15) is 23.2 Å². The van der Waals surface area contributed by atoms with Gasteiger partial charge in [0, 0.05) is 51.6 Å². The maximum Gasteiger partial charge on any atom is 0.287 e. The molecule has 5 N–H and O–H groups in total. The molecule has 6 rings (SSSR count). The Balaban J connectivity index is 1.27. The van der Waals surface area contributed by atoms with Crippen molar-refractivity contribution >= 4 is 57.1 Å². The number of primary amides is 1. The van der Waals surface area contributed by atoms with Gasteiger partial charge in [-0.3, -0.25) is 28.8 Å². The van der Waals surface area contributed by atoms with Gasteiger partial charge in [-0.1, -0.05) is 37.3 Å². The van der Waals surface area contributed by atoms with Gasteiger partial charge in [-0.15, -0.1) is 5.10 Å². The number of ketones is 1. The highest BCUT2D eigenvalue weighted by molar-refractivity contribution is 7.99. The number of sulfonamides is 1. The van der Waals surface area contributed by atoms with E-state index in [0.717, 1.165) is 32.1 Å². The van der Waals surface area contributed by atoms with Crippen molar-refractivity contribution in [1.82, 2.24) is 39.7 Å². The van der Waals surface area contributed by atoms with E-state index in [0.29, 0.717) is 23.6 Å². The zero-order valence-corrected chi connectivity index (χ0v) is 35.4. The number of thioether (sulfide) groups is 1. The molecular weight excluding hydrogens is 803 g/mol. The molecule has 0 spiro atoms. The predicted octanol–water partition coefficient (Wildman–Crippen LogP) is 0.706. The summed E-state index contributed by atoms with van der Waals surface area (Å²) in [5.41, 5.74) is 3.04. The molecule has 20 heteroatoms. The summed E-state index contributed by atoms with van der Waals surface area (Å²) < 4.78 is 29.7. The molecule has 1 aliphatic carbocycles. The zero-order valence-electron chi connectivity index (χ0n) is 33.8. The third-order valence-corrected chi connectivity index (χ3v) is 15.0. The van der Waals surface area contributed by atoms with E-state index in [2.05, 4.69) is 20.9 Å². The summed E-state index contributed by atoms with van der Waals surface area (Å²) in [7, 11) is -3.91. The monoisotopic (exact) mass is 857 g/mol. The standard InChI is InChI=1S/C39H55N9O9S2/c1-25(49)45-15-17-46(18-16-45)59(56,57)29-11-9-27(10-12-29)35(52)42-30(21-26-7-5-4-6-8-26)37(54)47-24-28(48-32(23-41-44-48)38(2,3)55)22-31(47)36(53)43-39(33(50)34(40)51)13-19-58-20-14-39/h9-12,23,26,28,30-31,55H,4-8,13-22,24H2,1-3H3,(H2,40,51)(H,42,52)(H,43,53)/t28-,30?,31-/m0/s1. The molecule has 5 amide bonds. The minimum Gasteiger partial charge on any atom is -0.384 e. The highest BCUT2D eigenvalue weighted by atomic mass is 32.2. The molecule has 4 aliphatic rings. The summed E-state index contributed by atoms with van der Waals surface area (Å²) in [4.78, 5) is 83.4. The molecule has 3 saturated heterocycles. The predicted molar refractivity (Wildman–Crippen MR) is 216 cm³/mol. The summed E-state index contributed by atoms with van der Waals surface area (Å²) >= 11 is 1.58. The van der Waals surface area contributed by atoms with Crippen LogP contribution in [0.1, 0.15) is 101 Å². The van der Waals surface area contributed by atoms with E-state index in [1.165, 1.54) is 51.3 Å². The van der Waals surface area contributed by atoms with E-state index in [1.54, 1.807) is 30.5 Å². The quantitative estimate of drug-likeness (QED) is 0.204. The SMILES string of the molecule is CC(=O)N1CCN(S(=O)(=O)c2ccc(C(=O)NC(CC3CCCCC3)C(=O)N3C[C@@H](n4nncc4C(C)(C)O)C[C@H]3C(=O)NC3(C(=O)C(N)=O)CCSCC3)cc2)CC1. The van der Waals surface area contributed by atoms with Crippen molar-refractivity contribution in [2.45, 2.75) is 113 Å². The van der Waals surface area contributed by atoms with Gasteiger partial charge in [-0.05, 0) is 74.8 Å². The van der Waals surface area contributed by atoms with Crippen LogP contribution >= 0.6 is 11.8 Å². The van der Waals surface area contributed by atoms with Gasteiger partial charge >= 0.3 is 0 Å². The van der Waals surface area contributed by atoms with Gasteiger partial charge in [0.2, 0.25) is 33.5 Å². The highest BCUT2D eigenvalue weighted by Crippen LogP contribution is 2.35. The lowest BCUT2D eigenvalue weighted by atomic mass is 9.84. The van der Waals surface area contributed by atoms with Gasteiger partial charge in [0.05, 0.1) is 22.8 Å². The van der Waals surface area contributed by atoms with E-state index in [9.17, 15) is 42.3 Å². The van der Waals surface area contributed by atoms with Crippen LogP contribution in [0.3, 0.4) is 0 Å². The number of piperazine rings is 1. The number of amides is 5. The number of Topliss-reactive ketones (excluding diaryl/α,β-unsaturated/α-hetero) is 1. The Morgan fingerprint density at radius 3 is 2.24 bits per heavy atom. The lowest BCUT2D eigenvalue weighted by Crippen LogP contribution is -2.63. The molecule has 4 heterocycles. The zero-order chi connectivity index (χ0) is 42.7. The fraction of sp³-hybridized carbons (Fsp3) is 0.641. The van der Waals surface area contributed by atoms with Crippen molar-refractivity contribution in [3.63, 3.8) is 0 Å². The molecule has 1 aromatic heterocycles. The summed E-state index contributed by atoms with van der Waals surface area (Å²) in [6.07, 6.45) is 6.79. The molecule has 0 radical (unpaired) electrons. The molecule has 0 bridgehead atoms. The summed E-state index contributed by atoms with van der Waals surface area (Å²) in [5, 5.41) is 24.9. The average Bonchev–Trinajstić information content (AvgIpc) is 3.90. The Morgan fingerprint density at radius 2 is 1.64 bits per heavy atom. The maximum absolute atomic E-state index is 14.9. The number of hydrogen-bond acceptors (Lipinski definition) is 12. The van der Waals surface area contributed by atoms with E-state index >= 15 is 0 Å². The van der Waals surface area contributed by atoms with Gasteiger partial charge in [0.25, 0.3) is 11.8 Å². The third-order valence-electron chi connectivity index (χ3n) is 12.1. The van der Waals surface area contributed by atoms with Gasteiger partial charge in [-0.25, -0.2) is 13.1 Å².